The van der Waals surface area contributed by atoms with Gasteiger partial charge in [0, 0.05) is 51.3 Å². The van der Waals surface area contributed by atoms with Gasteiger partial charge in [0.1, 0.15) is 17.4 Å². The van der Waals surface area contributed by atoms with Crippen molar-refractivity contribution in [3.8, 4) is 107 Å². The first-order valence-electron chi connectivity index (χ1n) is 47.5. The molecule has 0 aliphatic heterocycles. The SMILES string of the molecule is CCOC(=O)c1c(C)nc2c(c1-c1ccccc1)c1nnc(-c3ccc(F)cc3)n1c(=O)n2-c1ccccc1.CCOC(=O)c1c(C)nc2c(c1-c1ccccc1)c1nnc(-c3ccc(O)cc3)n1c(=O)n2-c1ccccc1.CCOC(=O)c1c(C)nc2c(c1-c1ccccc1)c1nnc(-c3cccnc3)n1c(=O)n2-c1ccccc1.CCOC(=O)c1c(C)nc2c(c1-c1ccccc1)c1nnc(C)n1c(=O)n2-c1ccccc1. The Morgan fingerprint density at radius 3 is 0.785 bits per heavy atom. The van der Waals surface area contributed by atoms with Gasteiger partial charge in [-0.05, 0) is 194 Å². The normalized spacial score (nSPS) is 11.2. The number of pyridine rings is 5. The molecular formula is C114H88FN21O13. The lowest BCUT2D eigenvalue weighted by atomic mass is 9.95. The monoisotopic (exact) mass is 1980 g/mol. The molecule has 0 unspecified atom stereocenters. The van der Waals surface area contributed by atoms with Crippen molar-refractivity contribution < 1.29 is 47.6 Å². The van der Waals surface area contributed by atoms with Crippen LogP contribution in [0.3, 0.4) is 0 Å². The number of phenolic OH excluding ortho intramolecular Hbond substituents is 1. The van der Waals surface area contributed by atoms with Crippen LogP contribution in [0.2, 0.25) is 0 Å². The highest BCUT2D eigenvalue weighted by Gasteiger charge is 2.35. The van der Waals surface area contributed by atoms with Crippen molar-refractivity contribution in [2.24, 2.45) is 0 Å². The van der Waals surface area contributed by atoms with Gasteiger partial charge in [-0.3, -0.25) is 4.98 Å². The van der Waals surface area contributed by atoms with Gasteiger partial charge in [0.15, 0.2) is 62.7 Å². The van der Waals surface area contributed by atoms with Crippen molar-refractivity contribution >= 4 is 90.6 Å². The third-order valence-electron chi connectivity index (χ3n) is 24.9. The van der Waals surface area contributed by atoms with Crippen LogP contribution in [0.5, 0.6) is 5.75 Å². The fourth-order valence-electron chi connectivity index (χ4n) is 18.5. The molecule has 0 bridgehead atoms. The second kappa shape index (κ2) is 41.1. The molecule has 149 heavy (non-hydrogen) atoms. The standard InChI is InChI=1S/C30H22FN5O3.C30H23N5O4.C29H22N6O3.C25H21N5O3/c1-3-39-29(37)23-18(2)32-27-25(24(23)19-10-6-4-7-11-19)28-34-33-26(20-14-16-21(31)17-15-20)36(28)30(38)35(27)22-12-8-5-9-13-22;1-3-39-29(37)23-18(2)31-27-25(24(23)19-10-6-4-7-11-19)28-33-32-26(20-14-16-22(36)17-15-20)35(28)30(38)34(27)21-12-8-5-9-13-21;1-3-38-28(36)22-18(2)31-26-24(23(22)19-11-6-4-7-12-19)27-33-32-25(20-13-10-16-30-17-20)35(27)29(37)34(26)21-14-8-5-9-15-21;1-4-33-24(31)19-15(2)26-22-21(20(19)17-11-7-5-8-12-17)23-28-27-16(3)29(23)25(32)30(22)18-13-9-6-10-14-18/h4-17H,3H2,1-2H3;4-17,36H,3H2,1-2H3;4-17H,3H2,1-2H3;5-14H,4H2,1-3H3. The average Bonchev–Trinajstić information content (AvgIpc) is 1.66. The Morgan fingerprint density at radius 1 is 0.275 bits per heavy atom. The third kappa shape index (κ3) is 17.6. The molecule has 0 aliphatic carbocycles. The van der Waals surface area contributed by atoms with Gasteiger partial charge in [0.2, 0.25) is 0 Å². The van der Waals surface area contributed by atoms with E-state index in [1.54, 1.807) is 105 Å². The Bertz CT molecular complexity index is 9150. The summed E-state index contributed by atoms with van der Waals surface area (Å²) in [6.45, 7) is 16.5. The molecule has 23 rings (SSSR count). The number of fused-ring (bicyclic) bond motifs is 12. The zero-order valence-electron chi connectivity index (χ0n) is 81.5. The number of aromatic nitrogens is 21. The van der Waals surface area contributed by atoms with Crippen LogP contribution in [0.25, 0.3) is 168 Å². The highest BCUT2D eigenvalue weighted by molar-refractivity contribution is 6.16. The second-order valence-corrected chi connectivity index (χ2v) is 34.0. The maximum atomic E-state index is 14.2. The second-order valence-electron chi connectivity index (χ2n) is 34.0. The Kier molecular flexibility index (Phi) is 26.6. The van der Waals surface area contributed by atoms with Crippen molar-refractivity contribution in [2.45, 2.75) is 62.3 Å². The fourth-order valence-corrected chi connectivity index (χ4v) is 18.5. The first-order valence-corrected chi connectivity index (χ1v) is 47.5. The van der Waals surface area contributed by atoms with Gasteiger partial charge in [0.05, 0.1) is 116 Å². The number of phenols is 1. The minimum atomic E-state index is -0.530. The van der Waals surface area contributed by atoms with E-state index in [4.69, 9.17) is 38.9 Å². The molecule has 1 N–H and O–H groups in total. The Hall–Kier alpha value is -20.0. The number of ether oxygens (including phenoxy) is 4. The van der Waals surface area contributed by atoms with Gasteiger partial charge >= 0.3 is 46.6 Å². The molecule has 0 saturated carbocycles. The fraction of sp³-hybridized carbons (Fsp3) is 0.114. The number of carbonyl (C=O) groups excluding carboxylic acids is 4. The average molecular weight is 1980 g/mol. The molecule has 0 amide bonds. The Balaban J connectivity index is 0.000000121. The lowest BCUT2D eigenvalue weighted by Gasteiger charge is -2.18. The van der Waals surface area contributed by atoms with Crippen LogP contribution in [0.15, 0.2) is 335 Å². The summed E-state index contributed by atoms with van der Waals surface area (Å²) in [6, 6.07) is 90.2. The van der Waals surface area contributed by atoms with Gasteiger partial charge in [-0.1, -0.05) is 194 Å². The third-order valence-corrected chi connectivity index (χ3v) is 24.9. The van der Waals surface area contributed by atoms with Crippen molar-refractivity contribution in [3.63, 3.8) is 0 Å². The molecule has 10 aromatic carbocycles. The summed E-state index contributed by atoms with van der Waals surface area (Å²) in [7, 11) is 0. The first kappa shape index (κ1) is 96.5. The van der Waals surface area contributed by atoms with Crippen LogP contribution < -0.4 is 22.8 Å². The molecule has 13 heterocycles. The van der Waals surface area contributed by atoms with Gasteiger partial charge in [-0.25, -0.2) is 98.6 Å². The number of aromatic hydroxyl groups is 1. The molecule has 34 nitrogen and oxygen atoms in total. The van der Waals surface area contributed by atoms with Crippen molar-refractivity contribution in [2.75, 3.05) is 26.4 Å². The lowest BCUT2D eigenvalue weighted by Crippen LogP contribution is -2.28. The number of para-hydroxylation sites is 4. The molecular weight excluding hydrogens is 1890 g/mol. The smallest absolute Gasteiger partial charge is 0.342 e. The van der Waals surface area contributed by atoms with E-state index >= 15 is 0 Å². The minimum absolute atomic E-state index is 0.0878. The van der Waals surface area contributed by atoms with E-state index in [2.05, 4.69) is 45.8 Å². The van der Waals surface area contributed by atoms with Crippen molar-refractivity contribution in [1.82, 2.24) is 102 Å². The van der Waals surface area contributed by atoms with E-state index < -0.39 is 46.8 Å². The number of nitrogens with zero attached hydrogens (tertiary/aromatic N) is 21. The summed E-state index contributed by atoms with van der Waals surface area (Å²) in [4.78, 5) is 133. The van der Waals surface area contributed by atoms with E-state index in [1.165, 1.54) is 72.3 Å². The minimum Gasteiger partial charge on any atom is -0.508 e. The van der Waals surface area contributed by atoms with E-state index in [0.717, 1.165) is 22.3 Å². The van der Waals surface area contributed by atoms with E-state index in [-0.39, 0.29) is 66.2 Å². The molecule has 13 aromatic heterocycles. The van der Waals surface area contributed by atoms with Crippen LogP contribution in [-0.4, -0.2) is 157 Å². The van der Waals surface area contributed by atoms with E-state index in [9.17, 15) is 47.9 Å². The van der Waals surface area contributed by atoms with Crippen molar-refractivity contribution in [1.29, 1.82) is 0 Å². The quantitative estimate of drug-likeness (QED) is 0.0580. The zero-order chi connectivity index (χ0) is 104. The number of hydrogen-bond donors (Lipinski definition) is 1. The Morgan fingerprint density at radius 2 is 0.517 bits per heavy atom. The molecule has 23 aromatic rings. The van der Waals surface area contributed by atoms with Crippen LogP contribution in [0.4, 0.5) is 4.39 Å². The highest BCUT2D eigenvalue weighted by atomic mass is 19.1. The summed E-state index contributed by atoms with van der Waals surface area (Å²) < 4.78 is 47.2. The molecule has 734 valence electrons. The number of benzene rings is 10. The number of halogens is 1. The predicted octanol–water partition coefficient (Wildman–Crippen LogP) is 18.9. The molecule has 0 fully saturated rings. The summed E-state index contributed by atoms with van der Waals surface area (Å²) >= 11 is 0. The van der Waals surface area contributed by atoms with Crippen molar-refractivity contribution in [3.05, 3.63) is 414 Å². The largest absolute Gasteiger partial charge is 0.508 e. The number of rotatable bonds is 19. The summed E-state index contributed by atoms with van der Waals surface area (Å²) in [5.74, 6) is -1.04. The molecule has 0 saturated heterocycles. The number of carbonyl (C=O) groups is 4. The number of aryl methyl sites for hydroxylation is 5. The van der Waals surface area contributed by atoms with Crippen LogP contribution in [0.1, 0.15) is 97.7 Å². The summed E-state index contributed by atoms with van der Waals surface area (Å²) in [5.41, 5.74) is 13.3. The van der Waals surface area contributed by atoms with Crippen LogP contribution in [0, 0.1) is 40.4 Å². The summed E-state index contributed by atoms with van der Waals surface area (Å²) in [6.07, 6.45) is 3.28. The van der Waals surface area contributed by atoms with Crippen LogP contribution >= 0.6 is 0 Å². The maximum absolute atomic E-state index is 14.2. The molecule has 35 heteroatoms. The Labute approximate surface area is 845 Å². The number of hydrogen-bond acceptors (Lipinski definition) is 26. The molecule has 0 aliphatic rings. The highest BCUT2D eigenvalue weighted by Crippen LogP contribution is 2.43. The lowest BCUT2D eigenvalue weighted by molar-refractivity contribution is 0.0516. The van der Waals surface area contributed by atoms with Gasteiger partial charge in [-0.15, -0.1) is 40.8 Å². The van der Waals surface area contributed by atoms with Gasteiger partial charge < -0.3 is 24.1 Å². The maximum Gasteiger partial charge on any atom is 0.342 e. The first-order chi connectivity index (χ1) is 72.6. The molecule has 0 spiro atoms. The molecule has 0 atom stereocenters. The predicted molar refractivity (Wildman–Crippen MR) is 561 cm³/mol. The van der Waals surface area contributed by atoms with E-state index in [1.807, 2.05) is 237 Å². The summed E-state index contributed by atoms with van der Waals surface area (Å²) in [5, 5.41) is 46.7. The number of esters is 4. The van der Waals surface area contributed by atoms with Crippen LogP contribution in [-0.2, 0) is 18.9 Å². The topological polar surface area (TPSA) is 399 Å². The van der Waals surface area contributed by atoms with E-state index in [0.29, 0.717) is 168 Å². The zero-order valence-corrected chi connectivity index (χ0v) is 81.5. The molecule has 0 radical (unpaired) electrons. The van der Waals surface area contributed by atoms with Gasteiger partial charge in [0.25, 0.3) is 0 Å². The van der Waals surface area contributed by atoms with Gasteiger partial charge in [-0.2, -0.15) is 0 Å².